The van der Waals surface area contributed by atoms with Gasteiger partial charge in [-0.2, -0.15) is 0 Å². The molecule has 0 amide bonds. The number of ether oxygens (including phenoxy) is 3. The fourth-order valence-electron chi connectivity index (χ4n) is 4.25. The number of hydrogen-bond acceptors (Lipinski definition) is 7. The van der Waals surface area contributed by atoms with Gasteiger partial charge in [-0.1, -0.05) is 61.6 Å². The Morgan fingerprint density at radius 2 is 1.89 bits per heavy atom. The number of thiazole rings is 1. The third-order valence-electron chi connectivity index (χ3n) is 6.23. The van der Waals surface area contributed by atoms with Crippen LogP contribution in [0.25, 0.3) is 6.08 Å². The van der Waals surface area contributed by atoms with Crippen molar-refractivity contribution >= 4 is 23.4 Å². The lowest BCUT2D eigenvalue weighted by molar-refractivity contribution is -0.136. The summed E-state index contributed by atoms with van der Waals surface area (Å²) in [5.41, 5.74) is 2.43. The quantitative estimate of drug-likeness (QED) is 0.392. The summed E-state index contributed by atoms with van der Waals surface area (Å²) in [7, 11) is 1.35. The number of aromatic nitrogens is 1. The van der Waals surface area contributed by atoms with Gasteiger partial charge in [0, 0.05) is 0 Å². The molecule has 0 spiro atoms. The van der Waals surface area contributed by atoms with Crippen LogP contribution >= 0.6 is 11.3 Å². The third-order valence-corrected chi connectivity index (χ3v) is 7.22. The van der Waals surface area contributed by atoms with Crippen molar-refractivity contribution < 1.29 is 19.0 Å². The molecule has 7 nitrogen and oxygen atoms in total. The fraction of sp³-hybridized carbons (Fsp3) is 0.345. The Hall–Kier alpha value is -3.65. The SMILES string of the molecule is CCOc1cc(/C=c2\sc3n(c2=O)[C@H](c2ccccc2)C(C(=O)OC)=C(CC)N=3)ccc1O[C@H](C)CC. The van der Waals surface area contributed by atoms with Crippen LogP contribution in [0.2, 0.25) is 0 Å². The molecule has 2 aromatic carbocycles. The Bertz CT molecular complexity index is 1490. The number of esters is 1. The number of rotatable bonds is 9. The molecule has 0 fully saturated rings. The van der Waals surface area contributed by atoms with E-state index in [1.807, 2.05) is 75.4 Å². The number of hydrogen-bond donors (Lipinski definition) is 0. The second-order valence-electron chi connectivity index (χ2n) is 8.67. The first-order valence-electron chi connectivity index (χ1n) is 12.5. The number of carbonyl (C=O) groups excluding carboxylic acids is 1. The summed E-state index contributed by atoms with van der Waals surface area (Å²) in [5.74, 6) is 0.823. The van der Waals surface area contributed by atoms with Gasteiger partial charge in [0.25, 0.3) is 5.56 Å². The van der Waals surface area contributed by atoms with E-state index in [2.05, 4.69) is 6.92 Å². The van der Waals surface area contributed by atoms with E-state index in [4.69, 9.17) is 19.2 Å². The van der Waals surface area contributed by atoms with Gasteiger partial charge in [0.15, 0.2) is 16.3 Å². The maximum Gasteiger partial charge on any atom is 0.338 e. The molecule has 8 heteroatoms. The van der Waals surface area contributed by atoms with E-state index in [-0.39, 0.29) is 11.7 Å². The second-order valence-corrected chi connectivity index (χ2v) is 9.68. The van der Waals surface area contributed by atoms with E-state index in [1.54, 1.807) is 4.57 Å². The molecule has 0 N–H and O–H groups in total. The van der Waals surface area contributed by atoms with Crippen molar-refractivity contribution in [2.24, 2.45) is 4.99 Å². The van der Waals surface area contributed by atoms with Crippen LogP contribution in [0, 0.1) is 0 Å². The number of benzene rings is 2. The Morgan fingerprint density at radius 1 is 1.14 bits per heavy atom. The highest BCUT2D eigenvalue weighted by Gasteiger charge is 2.33. The van der Waals surface area contributed by atoms with Gasteiger partial charge in [0.1, 0.15) is 0 Å². The van der Waals surface area contributed by atoms with Gasteiger partial charge in [-0.05, 0) is 56.0 Å². The predicted molar refractivity (Wildman–Crippen MR) is 145 cm³/mol. The standard InChI is InChI=1S/C29H32N2O5S/c1-6-18(4)36-22-15-14-19(16-23(22)35-8-3)17-24-27(32)31-26(20-12-10-9-11-13-20)25(28(33)34-5)21(7-2)30-29(31)37-24/h9-18,26H,6-8H2,1-5H3/b24-17-/t18-,26-/m1/s1. The van der Waals surface area contributed by atoms with Crippen molar-refractivity contribution in [1.82, 2.24) is 4.57 Å². The Labute approximate surface area is 220 Å². The monoisotopic (exact) mass is 520 g/mol. The van der Waals surface area contributed by atoms with Gasteiger partial charge < -0.3 is 14.2 Å². The van der Waals surface area contributed by atoms with Crippen molar-refractivity contribution in [3.05, 3.63) is 90.6 Å². The topological polar surface area (TPSA) is 79.1 Å². The Morgan fingerprint density at radius 3 is 2.54 bits per heavy atom. The molecule has 0 bridgehead atoms. The molecule has 0 unspecified atom stereocenters. The molecule has 0 saturated heterocycles. The van der Waals surface area contributed by atoms with E-state index in [0.717, 1.165) is 17.5 Å². The minimum atomic E-state index is -0.618. The highest BCUT2D eigenvalue weighted by atomic mass is 32.1. The molecule has 0 saturated carbocycles. The van der Waals surface area contributed by atoms with Crippen LogP contribution in [0.4, 0.5) is 0 Å². The lowest BCUT2D eigenvalue weighted by Gasteiger charge is -2.25. The first kappa shape index (κ1) is 26.4. The van der Waals surface area contributed by atoms with Gasteiger partial charge in [-0.25, -0.2) is 9.79 Å². The minimum Gasteiger partial charge on any atom is -0.490 e. The molecule has 2 heterocycles. The van der Waals surface area contributed by atoms with E-state index in [9.17, 15) is 9.59 Å². The largest absolute Gasteiger partial charge is 0.490 e. The molecule has 4 rings (SSSR count). The number of allylic oxidation sites excluding steroid dienone is 1. The van der Waals surface area contributed by atoms with Crippen molar-refractivity contribution in [2.75, 3.05) is 13.7 Å². The molecule has 2 atom stereocenters. The van der Waals surface area contributed by atoms with Gasteiger partial charge in [-0.3, -0.25) is 9.36 Å². The van der Waals surface area contributed by atoms with Crippen molar-refractivity contribution in [3.8, 4) is 11.5 Å². The molecule has 3 aromatic rings. The molecule has 0 radical (unpaired) electrons. The zero-order chi connectivity index (χ0) is 26.5. The summed E-state index contributed by atoms with van der Waals surface area (Å²) >= 11 is 1.30. The second kappa shape index (κ2) is 11.6. The Kier molecular flexibility index (Phi) is 8.28. The summed E-state index contributed by atoms with van der Waals surface area (Å²) in [4.78, 5) is 31.9. The lowest BCUT2D eigenvalue weighted by atomic mass is 9.95. The molecule has 194 valence electrons. The first-order chi connectivity index (χ1) is 17.9. The van der Waals surface area contributed by atoms with Gasteiger partial charge in [-0.15, -0.1) is 0 Å². The van der Waals surface area contributed by atoms with Crippen LogP contribution in [-0.4, -0.2) is 30.4 Å². The van der Waals surface area contributed by atoms with Gasteiger partial charge in [0.05, 0.1) is 41.7 Å². The Balaban J connectivity index is 1.88. The molecule has 0 aliphatic carbocycles. The zero-order valence-electron chi connectivity index (χ0n) is 21.8. The lowest BCUT2D eigenvalue weighted by Crippen LogP contribution is -2.40. The minimum absolute atomic E-state index is 0.0588. The normalized spacial score (nSPS) is 16.1. The molecule has 1 aromatic heterocycles. The number of nitrogens with zero attached hydrogens (tertiary/aromatic N) is 2. The highest BCUT2D eigenvalue weighted by Crippen LogP contribution is 2.32. The van der Waals surface area contributed by atoms with Crippen LogP contribution in [0.15, 0.2) is 69.6 Å². The first-order valence-corrected chi connectivity index (χ1v) is 13.3. The van der Waals surface area contributed by atoms with Gasteiger partial charge >= 0.3 is 5.97 Å². The molecule has 1 aliphatic rings. The molecule has 1 aliphatic heterocycles. The van der Waals surface area contributed by atoms with Crippen molar-refractivity contribution in [2.45, 2.75) is 52.7 Å². The average Bonchev–Trinajstić information content (AvgIpc) is 3.23. The van der Waals surface area contributed by atoms with E-state index in [0.29, 0.717) is 45.1 Å². The van der Waals surface area contributed by atoms with E-state index < -0.39 is 12.0 Å². The summed E-state index contributed by atoms with van der Waals surface area (Å²) in [6.45, 7) is 8.44. The maximum absolute atomic E-state index is 13.8. The third kappa shape index (κ3) is 5.39. The van der Waals surface area contributed by atoms with Crippen LogP contribution < -0.4 is 24.4 Å². The van der Waals surface area contributed by atoms with Crippen molar-refractivity contribution in [1.29, 1.82) is 0 Å². The fourth-order valence-corrected chi connectivity index (χ4v) is 5.27. The van der Waals surface area contributed by atoms with Crippen LogP contribution in [0.1, 0.15) is 57.7 Å². The summed E-state index contributed by atoms with van der Waals surface area (Å²) in [6.07, 6.45) is 3.30. The van der Waals surface area contributed by atoms with E-state index >= 15 is 0 Å². The van der Waals surface area contributed by atoms with Crippen LogP contribution in [-0.2, 0) is 9.53 Å². The highest BCUT2D eigenvalue weighted by molar-refractivity contribution is 7.07. The van der Waals surface area contributed by atoms with Crippen molar-refractivity contribution in [3.63, 3.8) is 0 Å². The van der Waals surface area contributed by atoms with Gasteiger partial charge in [0.2, 0.25) is 0 Å². The summed E-state index contributed by atoms with van der Waals surface area (Å²) in [6, 6.07) is 14.6. The van der Waals surface area contributed by atoms with Crippen LogP contribution in [0.3, 0.4) is 0 Å². The average molecular weight is 521 g/mol. The van der Waals surface area contributed by atoms with Crippen LogP contribution in [0.5, 0.6) is 11.5 Å². The molecular weight excluding hydrogens is 488 g/mol. The number of methoxy groups -OCH3 is 1. The number of carbonyl (C=O) groups is 1. The molecular formula is C29H32N2O5S. The molecule has 37 heavy (non-hydrogen) atoms. The summed E-state index contributed by atoms with van der Waals surface area (Å²) < 4.78 is 19.1. The predicted octanol–water partition coefficient (Wildman–Crippen LogP) is 4.37. The smallest absolute Gasteiger partial charge is 0.338 e. The zero-order valence-corrected chi connectivity index (χ0v) is 22.6. The summed E-state index contributed by atoms with van der Waals surface area (Å²) in [5, 5.41) is 0. The van der Waals surface area contributed by atoms with E-state index in [1.165, 1.54) is 18.4 Å². The maximum atomic E-state index is 13.8. The number of fused-ring (bicyclic) bond motifs is 1.